The maximum absolute atomic E-state index is 14.4. The van der Waals surface area contributed by atoms with E-state index in [1.54, 1.807) is 0 Å². The Morgan fingerprint density at radius 3 is 2.37 bits per heavy atom. The molecule has 4 aromatic carbocycles. The lowest BCUT2D eigenvalue weighted by Crippen LogP contribution is -2.52. The molecule has 2 aliphatic rings. The van der Waals surface area contributed by atoms with Crippen molar-refractivity contribution in [2.24, 2.45) is 0 Å². The topological polar surface area (TPSA) is 62.8 Å². The lowest BCUT2D eigenvalue weighted by atomic mass is 9.87. The molecule has 3 heterocycles. The van der Waals surface area contributed by atoms with Crippen LogP contribution in [0.2, 0.25) is 0 Å². The van der Waals surface area contributed by atoms with Gasteiger partial charge in [0.15, 0.2) is 5.78 Å². The number of nitrogens with one attached hydrogen (secondary N) is 1. The number of Topliss-reactive ketones (excluding diaryl/α,β-unsaturated/α-hetero) is 1. The van der Waals surface area contributed by atoms with Crippen LogP contribution in [0, 0.1) is 5.82 Å². The summed E-state index contributed by atoms with van der Waals surface area (Å²) in [4.78, 5) is 24.8. The van der Waals surface area contributed by atoms with Crippen LogP contribution in [0.4, 0.5) is 10.1 Å². The van der Waals surface area contributed by atoms with Crippen molar-refractivity contribution < 1.29 is 14.3 Å². The minimum absolute atomic E-state index is 0.0325. The van der Waals surface area contributed by atoms with Crippen LogP contribution in [0.15, 0.2) is 97.1 Å². The molecule has 0 aliphatic carbocycles. The van der Waals surface area contributed by atoms with E-state index in [1.165, 1.54) is 49.8 Å². The van der Waals surface area contributed by atoms with Crippen molar-refractivity contribution in [1.82, 2.24) is 14.8 Å². The smallest absolute Gasteiger partial charge is 0.163 e. The number of halogens is 1. The largest absolute Gasteiger partial charge is 0.508 e. The van der Waals surface area contributed by atoms with Crippen LogP contribution in [0.5, 0.6) is 5.75 Å². The maximum Gasteiger partial charge on any atom is 0.163 e. The van der Waals surface area contributed by atoms with Crippen LogP contribution in [0.25, 0.3) is 22.0 Å². The number of piperazine rings is 1. The number of aromatic hydroxyl groups is 1. The van der Waals surface area contributed by atoms with Crippen LogP contribution in [0.1, 0.15) is 46.8 Å². The normalized spacial score (nSPS) is 17.4. The number of nitrogens with zero attached hydrogens (tertiary/aromatic N) is 3. The maximum atomic E-state index is 14.4. The number of benzene rings is 4. The molecule has 1 atom stereocenters. The SMILES string of the molecule is CN1CCC(N2CCN(c3ccc(-c4cccc(C(=O)C[C@@H](c5cc6ccccc6[nH]5)c5cc(F)ccc5O)c4)cc3)CC2)CC1. The number of aromatic nitrogens is 1. The summed E-state index contributed by atoms with van der Waals surface area (Å²) in [5.41, 5.74) is 5.92. The molecular weight excluding hydrogens is 575 g/mol. The predicted molar refractivity (Wildman–Crippen MR) is 183 cm³/mol. The van der Waals surface area contributed by atoms with Crippen LogP contribution in [-0.2, 0) is 0 Å². The molecule has 2 aliphatic heterocycles. The van der Waals surface area contributed by atoms with E-state index in [0.717, 1.165) is 53.9 Å². The van der Waals surface area contributed by atoms with Gasteiger partial charge in [0, 0.05) is 72.6 Å². The molecule has 0 amide bonds. The molecule has 0 unspecified atom stereocenters. The number of rotatable bonds is 8. The second-order valence-corrected chi connectivity index (χ2v) is 12.9. The van der Waals surface area contributed by atoms with Gasteiger partial charge in [0.05, 0.1) is 0 Å². The van der Waals surface area contributed by atoms with Gasteiger partial charge in [-0.25, -0.2) is 4.39 Å². The number of carbonyl (C=O) groups is 1. The number of carbonyl (C=O) groups excluding carboxylic acids is 1. The zero-order valence-corrected chi connectivity index (χ0v) is 26.3. The Bertz CT molecular complexity index is 1780. The first kappa shape index (κ1) is 30.2. The third-order valence-electron chi connectivity index (χ3n) is 9.95. The van der Waals surface area contributed by atoms with Crippen molar-refractivity contribution >= 4 is 22.4 Å². The van der Waals surface area contributed by atoms with Gasteiger partial charge in [-0.05, 0) is 98.0 Å². The van der Waals surface area contributed by atoms with Gasteiger partial charge in [0.2, 0.25) is 0 Å². The van der Waals surface area contributed by atoms with Gasteiger partial charge >= 0.3 is 0 Å². The minimum atomic E-state index is -0.543. The summed E-state index contributed by atoms with van der Waals surface area (Å²) in [6, 6.07) is 30.8. The number of phenolic OH excluding ortho intramolecular Hbond substituents is 1. The molecule has 7 heteroatoms. The van der Waals surface area contributed by atoms with Crippen molar-refractivity contribution in [3.63, 3.8) is 0 Å². The number of para-hydroxylation sites is 1. The monoisotopic (exact) mass is 616 g/mol. The summed E-state index contributed by atoms with van der Waals surface area (Å²) < 4.78 is 14.4. The molecule has 0 radical (unpaired) electrons. The quantitative estimate of drug-likeness (QED) is 0.179. The van der Waals surface area contributed by atoms with Gasteiger partial charge in [-0.2, -0.15) is 0 Å². The van der Waals surface area contributed by atoms with Crippen molar-refractivity contribution in [3.05, 3.63) is 120 Å². The van der Waals surface area contributed by atoms with Crippen molar-refractivity contribution in [2.45, 2.75) is 31.2 Å². The molecule has 0 bridgehead atoms. The first-order valence-electron chi connectivity index (χ1n) is 16.4. The first-order valence-corrected chi connectivity index (χ1v) is 16.4. The number of H-pyrrole nitrogens is 1. The van der Waals surface area contributed by atoms with E-state index in [2.05, 4.69) is 51.0 Å². The van der Waals surface area contributed by atoms with Crippen molar-refractivity contribution in [3.8, 4) is 16.9 Å². The number of anilines is 1. The van der Waals surface area contributed by atoms with E-state index in [0.29, 0.717) is 17.2 Å². The number of hydrogen-bond donors (Lipinski definition) is 2. The number of likely N-dealkylation sites (tertiary alicyclic amines) is 1. The molecule has 0 spiro atoms. The van der Waals surface area contributed by atoms with Crippen LogP contribution < -0.4 is 4.90 Å². The van der Waals surface area contributed by atoms with E-state index in [1.807, 2.05) is 54.6 Å². The second-order valence-electron chi connectivity index (χ2n) is 12.9. The van der Waals surface area contributed by atoms with Gasteiger partial charge in [-0.15, -0.1) is 0 Å². The van der Waals surface area contributed by atoms with Gasteiger partial charge in [-0.3, -0.25) is 9.69 Å². The van der Waals surface area contributed by atoms with E-state index in [-0.39, 0.29) is 18.0 Å². The number of piperidine rings is 1. The van der Waals surface area contributed by atoms with Crippen LogP contribution in [-0.4, -0.2) is 78.0 Å². The summed E-state index contributed by atoms with van der Waals surface area (Å²) in [6.45, 7) is 6.67. The van der Waals surface area contributed by atoms with Gasteiger partial charge in [-0.1, -0.05) is 48.5 Å². The minimum Gasteiger partial charge on any atom is -0.508 e. The summed E-state index contributed by atoms with van der Waals surface area (Å²) in [6.07, 6.45) is 2.61. The molecule has 2 saturated heterocycles. The van der Waals surface area contributed by atoms with Crippen LogP contribution in [0.3, 0.4) is 0 Å². The standard InChI is InChI=1S/C39H41FN4O2/c1-42-17-15-33(16-18-42)44-21-19-43(20-22-44)32-12-9-27(10-13-32)28-6-4-7-30(23-28)39(46)26-34(35-25-31(40)11-14-38(35)45)37-24-29-5-2-3-8-36(29)41-37/h2-14,23-25,33-34,41,45H,15-22,26H2,1H3/t34-/m1/s1. The average molecular weight is 617 g/mol. The molecule has 7 rings (SSSR count). The highest BCUT2D eigenvalue weighted by atomic mass is 19.1. The number of hydrogen-bond acceptors (Lipinski definition) is 5. The summed E-state index contributed by atoms with van der Waals surface area (Å²) in [5, 5.41) is 11.7. The van der Waals surface area contributed by atoms with Gasteiger partial charge in [0.25, 0.3) is 0 Å². The molecule has 46 heavy (non-hydrogen) atoms. The Labute approximate surface area is 270 Å². The fourth-order valence-corrected chi connectivity index (χ4v) is 7.22. The molecule has 236 valence electrons. The molecule has 0 saturated carbocycles. The highest BCUT2D eigenvalue weighted by Crippen LogP contribution is 2.37. The summed E-state index contributed by atoms with van der Waals surface area (Å²) in [7, 11) is 2.22. The fraction of sp³-hybridized carbons (Fsp3) is 0.308. The van der Waals surface area contributed by atoms with Gasteiger partial charge in [0.1, 0.15) is 11.6 Å². The second kappa shape index (κ2) is 13.1. The van der Waals surface area contributed by atoms with Crippen molar-refractivity contribution in [1.29, 1.82) is 0 Å². The highest BCUT2D eigenvalue weighted by Gasteiger charge is 2.27. The lowest BCUT2D eigenvalue weighted by molar-refractivity contribution is 0.0977. The number of fused-ring (bicyclic) bond motifs is 1. The van der Waals surface area contributed by atoms with E-state index in [4.69, 9.17) is 0 Å². The molecule has 5 aromatic rings. The van der Waals surface area contributed by atoms with Crippen molar-refractivity contribution in [2.75, 3.05) is 51.2 Å². The Morgan fingerprint density at radius 1 is 0.848 bits per heavy atom. The fourth-order valence-electron chi connectivity index (χ4n) is 7.22. The van der Waals surface area contributed by atoms with E-state index >= 15 is 0 Å². The highest BCUT2D eigenvalue weighted by molar-refractivity contribution is 5.98. The van der Waals surface area contributed by atoms with E-state index < -0.39 is 11.7 Å². The number of aromatic amines is 1. The predicted octanol–water partition coefficient (Wildman–Crippen LogP) is 7.30. The Balaban J connectivity index is 1.06. The molecular formula is C39H41FN4O2. The molecule has 1 aromatic heterocycles. The Kier molecular flexibility index (Phi) is 8.61. The zero-order chi connectivity index (χ0) is 31.6. The first-order chi connectivity index (χ1) is 22.4. The summed E-state index contributed by atoms with van der Waals surface area (Å²) in [5.74, 6) is -1.10. The lowest BCUT2D eigenvalue weighted by Gasteiger charge is -2.42. The van der Waals surface area contributed by atoms with Crippen LogP contribution >= 0.6 is 0 Å². The molecule has 6 nitrogen and oxygen atoms in total. The zero-order valence-electron chi connectivity index (χ0n) is 26.3. The average Bonchev–Trinajstić information content (AvgIpc) is 3.53. The number of ketones is 1. The number of phenols is 1. The molecule has 2 fully saturated rings. The Hall–Kier alpha value is -4.46. The van der Waals surface area contributed by atoms with Gasteiger partial charge < -0.3 is 19.9 Å². The summed E-state index contributed by atoms with van der Waals surface area (Å²) >= 11 is 0. The van der Waals surface area contributed by atoms with E-state index in [9.17, 15) is 14.3 Å². The Morgan fingerprint density at radius 2 is 1.61 bits per heavy atom. The third-order valence-corrected chi connectivity index (χ3v) is 9.95. The third kappa shape index (κ3) is 6.43. The molecule has 2 N–H and O–H groups in total.